The van der Waals surface area contributed by atoms with Crippen LogP contribution in [0.3, 0.4) is 0 Å². The number of nitrogens with one attached hydrogen (secondary N) is 1. The van der Waals surface area contributed by atoms with Crippen LogP contribution in [-0.2, 0) is 4.74 Å². The van der Waals surface area contributed by atoms with Gasteiger partial charge in [-0.25, -0.2) is 14.8 Å². The van der Waals surface area contributed by atoms with E-state index in [4.69, 9.17) is 10.00 Å². The normalized spacial score (nSPS) is 9.65. The SMILES string of the molecule is COC(=O)c1ccccc1Nc1cc(C#N)nc(C)n1. The molecular weight excluding hydrogens is 256 g/mol. The number of carbonyl (C=O) groups is 1. The first-order chi connectivity index (χ1) is 9.63. The smallest absolute Gasteiger partial charge is 0.339 e. The van der Waals surface area contributed by atoms with Crippen molar-refractivity contribution in [3.05, 3.63) is 47.4 Å². The number of ether oxygens (including phenoxy) is 1. The van der Waals surface area contributed by atoms with Gasteiger partial charge in [0.1, 0.15) is 23.4 Å². The van der Waals surface area contributed by atoms with E-state index in [0.717, 1.165) is 0 Å². The van der Waals surface area contributed by atoms with Crippen molar-refractivity contribution in [2.24, 2.45) is 0 Å². The predicted octanol–water partition coefficient (Wildman–Crippen LogP) is 2.19. The van der Waals surface area contributed by atoms with E-state index in [0.29, 0.717) is 22.9 Å². The molecule has 0 radical (unpaired) electrons. The summed E-state index contributed by atoms with van der Waals surface area (Å²) in [7, 11) is 1.32. The summed E-state index contributed by atoms with van der Waals surface area (Å²) >= 11 is 0. The van der Waals surface area contributed by atoms with Crippen LogP contribution in [0, 0.1) is 18.3 Å². The zero-order valence-corrected chi connectivity index (χ0v) is 11.0. The standard InChI is InChI=1S/C14H12N4O2/c1-9-16-10(8-15)7-13(17-9)18-12-6-4-3-5-11(12)14(19)20-2/h3-7H,1-2H3,(H,16,17,18). The van der Waals surface area contributed by atoms with Crippen LogP contribution in [0.25, 0.3) is 0 Å². The van der Waals surface area contributed by atoms with Crippen LogP contribution in [0.15, 0.2) is 30.3 Å². The molecule has 100 valence electrons. The molecule has 20 heavy (non-hydrogen) atoms. The van der Waals surface area contributed by atoms with Crippen LogP contribution in [0.1, 0.15) is 21.9 Å². The quantitative estimate of drug-likeness (QED) is 0.858. The molecule has 0 fully saturated rings. The maximum absolute atomic E-state index is 11.7. The lowest BCUT2D eigenvalue weighted by atomic mass is 10.2. The molecular formula is C14H12N4O2. The van der Waals surface area contributed by atoms with Gasteiger partial charge in [-0.1, -0.05) is 12.1 Å². The number of hydrogen-bond acceptors (Lipinski definition) is 6. The fraction of sp³-hybridized carbons (Fsp3) is 0.143. The van der Waals surface area contributed by atoms with Gasteiger partial charge in [0.25, 0.3) is 0 Å². The van der Waals surface area contributed by atoms with E-state index in [9.17, 15) is 4.79 Å². The Balaban J connectivity index is 2.38. The molecule has 2 aromatic rings. The summed E-state index contributed by atoms with van der Waals surface area (Å²) in [5.41, 5.74) is 1.21. The van der Waals surface area contributed by atoms with Crippen LogP contribution < -0.4 is 5.32 Å². The average molecular weight is 268 g/mol. The number of methoxy groups -OCH3 is 1. The number of nitriles is 1. The maximum atomic E-state index is 11.7. The van der Waals surface area contributed by atoms with Crippen LogP contribution in [-0.4, -0.2) is 23.0 Å². The van der Waals surface area contributed by atoms with Crippen LogP contribution in [0.5, 0.6) is 0 Å². The molecule has 0 aliphatic heterocycles. The summed E-state index contributed by atoms with van der Waals surface area (Å²) < 4.78 is 4.72. The molecule has 1 heterocycles. The minimum Gasteiger partial charge on any atom is -0.465 e. The number of carbonyl (C=O) groups excluding carboxylic acids is 1. The molecule has 0 spiro atoms. The lowest BCUT2D eigenvalue weighted by molar-refractivity contribution is 0.0602. The second-order valence-electron chi connectivity index (χ2n) is 3.96. The Hall–Kier alpha value is -2.94. The van der Waals surface area contributed by atoms with Gasteiger partial charge in [0.15, 0.2) is 0 Å². The number of esters is 1. The van der Waals surface area contributed by atoms with Gasteiger partial charge in [0.05, 0.1) is 18.4 Å². The molecule has 6 nitrogen and oxygen atoms in total. The van der Waals surface area contributed by atoms with Gasteiger partial charge in [0.2, 0.25) is 0 Å². The first-order valence-corrected chi connectivity index (χ1v) is 5.84. The van der Waals surface area contributed by atoms with Crippen molar-refractivity contribution in [1.82, 2.24) is 9.97 Å². The fourth-order valence-corrected chi connectivity index (χ4v) is 1.71. The zero-order valence-electron chi connectivity index (χ0n) is 11.0. The maximum Gasteiger partial charge on any atom is 0.339 e. The van der Waals surface area contributed by atoms with E-state index in [1.54, 1.807) is 31.2 Å². The van der Waals surface area contributed by atoms with Crippen molar-refractivity contribution in [2.45, 2.75) is 6.92 Å². The zero-order chi connectivity index (χ0) is 14.5. The van der Waals surface area contributed by atoms with Gasteiger partial charge in [-0.3, -0.25) is 0 Å². The third-order valence-corrected chi connectivity index (χ3v) is 2.55. The van der Waals surface area contributed by atoms with E-state index < -0.39 is 5.97 Å². The van der Waals surface area contributed by atoms with Gasteiger partial charge in [-0.15, -0.1) is 0 Å². The molecule has 0 amide bonds. The molecule has 0 aliphatic carbocycles. The van der Waals surface area contributed by atoms with E-state index in [1.807, 2.05) is 6.07 Å². The molecule has 1 aromatic heterocycles. The largest absolute Gasteiger partial charge is 0.465 e. The van der Waals surface area contributed by atoms with Crippen LogP contribution >= 0.6 is 0 Å². The molecule has 1 N–H and O–H groups in total. The van der Waals surface area contributed by atoms with E-state index in [2.05, 4.69) is 15.3 Å². The van der Waals surface area contributed by atoms with Crippen molar-refractivity contribution in [1.29, 1.82) is 5.26 Å². The van der Waals surface area contributed by atoms with Gasteiger partial charge >= 0.3 is 5.97 Å². The Morgan fingerprint density at radius 2 is 2.10 bits per heavy atom. The highest BCUT2D eigenvalue weighted by molar-refractivity contribution is 5.96. The second kappa shape index (κ2) is 5.80. The molecule has 0 saturated carbocycles. The first kappa shape index (κ1) is 13.5. The number of benzene rings is 1. The number of hydrogen-bond donors (Lipinski definition) is 1. The van der Waals surface area contributed by atoms with Crippen molar-refractivity contribution in [3.63, 3.8) is 0 Å². The van der Waals surface area contributed by atoms with Gasteiger partial charge in [-0.2, -0.15) is 5.26 Å². The van der Waals surface area contributed by atoms with E-state index in [-0.39, 0.29) is 5.69 Å². The van der Waals surface area contributed by atoms with Crippen molar-refractivity contribution in [2.75, 3.05) is 12.4 Å². The van der Waals surface area contributed by atoms with Crippen LogP contribution in [0.2, 0.25) is 0 Å². The Kier molecular flexibility index (Phi) is 3.91. The Labute approximate surface area is 116 Å². The minimum absolute atomic E-state index is 0.260. The molecule has 6 heteroatoms. The van der Waals surface area contributed by atoms with Gasteiger partial charge < -0.3 is 10.1 Å². The predicted molar refractivity (Wildman–Crippen MR) is 72.5 cm³/mol. The molecule has 0 aliphatic rings. The molecule has 0 unspecified atom stereocenters. The number of aryl methyl sites for hydroxylation is 1. The van der Waals surface area contributed by atoms with Gasteiger partial charge in [0, 0.05) is 6.07 Å². The Morgan fingerprint density at radius 3 is 2.80 bits per heavy atom. The molecule has 0 bridgehead atoms. The van der Waals surface area contributed by atoms with E-state index >= 15 is 0 Å². The highest BCUT2D eigenvalue weighted by Gasteiger charge is 2.12. The fourth-order valence-electron chi connectivity index (χ4n) is 1.71. The monoisotopic (exact) mass is 268 g/mol. The summed E-state index contributed by atoms with van der Waals surface area (Å²) in [6, 6.07) is 10.4. The molecule has 2 rings (SSSR count). The highest BCUT2D eigenvalue weighted by Crippen LogP contribution is 2.20. The van der Waals surface area contributed by atoms with Crippen molar-refractivity contribution in [3.8, 4) is 6.07 Å². The summed E-state index contributed by atoms with van der Waals surface area (Å²) in [5.74, 6) is 0.479. The highest BCUT2D eigenvalue weighted by atomic mass is 16.5. The topological polar surface area (TPSA) is 87.9 Å². The first-order valence-electron chi connectivity index (χ1n) is 5.84. The molecule has 0 atom stereocenters. The summed E-state index contributed by atoms with van der Waals surface area (Å²) in [5, 5.41) is 11.9. The Morgan fingerprint density at radius 1 is 1.35 bits per heavy atom. The lowest BCUT2D eigenvalue weighted by Gasteiger charge is -2.10. The average Bonchev–Trinajstić information content (AvgIpc) is 2.46. The lowest BCUT2D eigenvalue weighted by Crippen LogP contribution is -2.06. The number of para-hydroxylation sites is 1. The Bertz CT molecular complexity index is 692. The molecule has 1 aromatic carbocycles. The minimum atomic E-state index is -0.445. The van der Waals surface area contributed by atoms with E-state index in [1.165, 1.54) is 13.2 Å². The second-order valence-corrected chi connectivity index (χ2v) is 3.96. The van der Waals surface area contributed by atoms with Gasteiger partial charge in [-0.05, 0) is 19.1 Å². The van der Waals surface area contributed by atoms with Crippen LogP contribution in [0.4, 0.5) is 11.5 Å². The number of aromatic nitrogens is 2. The third-order valence-electron chi connectivity index (χ3n) is 2.55. The summed E-state index contributed by atoms with van der Waals surface area (Å²) in [4.78, 5) is 19.8. The number of nitrogens with zero attached hydrogens (tertiary/aromatic N) is 3. The van der Waals surface area contributed by atoms with Crippen molar-refractivity contribution >= 4 is 17.5 Å². The summed E-state index contributed by atoms with van der Waals surface area (Å²) in [6.45, 7) is 1.69. The third kappa shape index (κ3) is 2.90. The summed E-state index contributed by atoms with van der Waals surface area (Å²) in [6.07, 6.45) is 0. The number of rotatable bonds is 3. The van der Waals surface area contributed by atoms with Crippen molar-refractivity contribution < 1.29 is 9.53 Å². The molecule has 0 saturated heterocycles. The number of anilines is 2.